The maximum atomic E-state index is 12.4. The summed E-state index contributed by atoms with van der Waals surface area (Å²) in [4.78, 5) is 23.2. The van der Waals surface area contributed by atoms with E-state index in [1.807, 2.05) is 60.1 Å². The van der Waals surface area contributed by atoms with E-state index in [9.17, 15) is 9.59 Å². The number of carboxylic acids is 1. The molecule has 10 heteroatoms. The van der Waals surface area contributed by atoms with Crippen LogP contribution in [0.4, 0.5) is 0 Å². The maximum absolute atomic E-state index is 12.4. The lowest BCUT2D eigenvalue weighted by molar-refractivity contribution is -0.136. The summed E-state index contributed by atoms with van der Waals surface area (Å²) in [6, 6.07) is 24.3. The third-order valence-electron chi connectivity index (χ3n) is 6.99. The molecule has 1 aromatic heterocycles. The van der Waals surface area contributed by atoms with Gasteiger partial charge in [0.15, 0.2) is 0 Å². The minimum Gasteiger partial charge on any atom is -0.497 e. The summed E-state index contributed by atoms with van der Waals surface area (Å²) >= 11 is 19.3. The van der Waals surface area contributed by atoms with Crippen molar-refractivity contribution in [1.29, 1.82) is 0 Å². The van der Waals surface area contributed by atoms with Crippen LogP contribution in [0.2, 0.25) is 15.1 Å². The third-order valence-corrected chi connectivity index (χ3v) is 8.01. The van der Waals surface area contributed by atoms with E-state index in [-0.39, 0.29) is 24.9 Å². The van der Waals surface area contributed by atoms with Gasteiger partial charge in [0, 0.05) is 28.3 Å². The molecule has 0 bridgehead atoms. The van der Waals surface area contributed by atoms with Gasteiger partial charge in [0.05, 0.1) is 41.0 Å². The summed E-state index contributed by atoms with van der Waals surface area (Å²) in [5.41, 5.74) is 4.35. The van der Waals surface area contributed by atoms with E-state index in [0.29, 0.717) is 31.9 Å². The number of rotatable bonds is 9. The number of aromatic nitrogens is 2. The predicted octanol–water partition coefficient (Wildman–Crippen LogP) is 8.15. The highest BCUT2D eigenvalue weighted by molar-refractivity contribution is 6.45. The number of carboxylic acid groups (broad SMARTS) is 1. The van der Waals surface area contributed by atoms with Crippen LogP contribution >= 0.6 is 34.8 Å². The highest BCUT2D eigenvalue weighted by Crippen LogP contribution is 2.39. The summed E-state index contributed by atoms with van der Waals surface area (Å²) in [7, 11) is 1.64. The van der Waals surface area contributed by atoms with Crippen LogP contribution in [-0.4, -0.2) is 40.4 Å². The molecule has 5 rings (SSSR count). The first kappa shape index (κ1) is 29.5. The number of carbonyl (C=O) groups is 2. The molecule has 0 fully saturated rings. The van der Waals surface area contributed by atoms with Crippen molar-refractivity contribution in [2.24, 2.45) is 0 Å². The summed E-state index contributed by atoms with van der Waals surface area (Å²) in [5, 5.41) is 19.6. The number of benzene rings is 4. The topological polar surface area (TPSA) is 93.5 Å². The van der Waals surface area contributed by atoms with Gasteiger partial charge >= 0.3 is 5.97 Å². The number of hydrogen-bond donors (Lipinski definition) is 2. The second-order valence-corrected chi connectivity index (χ2v) is 11.0. The molecule has 42 heavy (non-hydrogen) atoms. The van der Waals surface area contributed by atoms with Gasteiger partial charge in [0.25, 0.3) is 5.91 Å². The fourth-order valence-corrected chi connectivity index (χ4v) is 5.43. The van der Waals surface area contributed by atoms with E-state index in [1.54, 1.807) is 31.4 Å². The zero-order chi connectivity index (χ0) is 30.0. The fraction of sp³-hybridized carbons (Fsp3) is 0.156. The van der Waals surface area contributed by atoms with Gasteiger partial charge in [-0.1, -0.05) is 65.1 Å². The molecule has 2 N–H and O–H groups in total. The maximum Gasteiger partial charge on any atom is 0.305 e. The average Bonchev–Trinajstić information content (AvgIpc) is 3.43. The molecule has 1 atom stereocenters. The second-order valence-electron chi connectivity index (χ2n) is 9.73. The van der Waals surface area contributed by atoms with Crippen molar-refractivity contribution in [3.05, 3.63) is 105 Å². The first-order valence-corrected chi connectivity index (χ1v) is 14.2. The molecule has 1 heterocycles. The number of nitrogens with one attached hydrogen (secondary N) is 1. The molecule has 0 radical (unpaired) electrons. The van der Waals surface area contributed by atoms with Gasteiger partial charge in [-0.2, -0.15) is 5.10 Å². The van der Waals surface area contributed by atoms with Gasteiger partial charge in [-0.05, 0) is 71.8 Å². The molecule has 5 aromatic rings. The van der Waals surface area contributed by atoms with Crippen molar-refractivity contribution in [2.45, 2.75) is 19.4 Å². The molecule has 1 amide bonds. The highest BCUT2D eigenvalue weighted by atomic mass is 35.5. The van der Waals surface area contributed by atoms with Crippen molar-refractivity contribution in [3.63, 3.8) is 0 Å². The number of methoxy groups -OCH3 is 1. The molecule has 1 unspecified atom stereocenters. The number of aliphatic carboxylic acids is 1. The first-order valence-electron chi connectivity index (χ1n) is 13.1. The number of ether oxygens (including phenoxy) is 1. The van der Waals surface area contributed by atoms with Crippen LogP contribution in [0.15, 0.2) is 78.9 Å². The average molecular weight is 623 g/mol. The molecule has 0 aliphatic rings. The van der Waals surface area contributed by atoms with E-state index in [0.717, 1.165) is 33.3 Å². The Morgan fingerprint density at radius 1 is 0.952 bits per heavy atom. The van der Waals surface area contributed by atoms with Crippen LogP contribution in [0.5, 0.6) is 5.75 Å². The number of nitrogens with zero attached hydrogens (tertiary/aromatic N) is 2. The minimum absolute atomic E-state index is 0.0559. The summed E-state index contributed by atoms with van der Waals surface area (Å²) in [5.74, 6) is -0.526. The van der Waals surface area contributed by atoms with Gasteiger partial charge in [-0.3, -0.25) is 14.3 Å². The Kier molecular flexibility index (Phi) is 8.73. The Bertz CT molecular complexity index is 1800. The van der Waals surface area contributed by atoms with Crippen LogP contribution < -0.4 is 10.1 Å². The second kappa shape index (κ2) is 12.4. The molecule has 7 nitrogen and oxygen atoms in total. The number of amides is 1. The zero-order valence-corrected chi connectivity index (χ0v) is 25.0. The van der Waals surface area contributed by atoms with Crippen LogP contribution in [-0.2, 0) is 4.79 Å². The van der Waals surface area contributed by atoms with Crippen molar-refractivity contribution in [3.8, 4) is 28.3 Å². The Labute approximate surface area is 257 Å². The van der Waals surface area contributed by atoms with Crippen LogP contribution in [0.3, 0.4) is 0 Å². The largest absolute Gasteiger partial charge is 0.497 e. The molecule has 0 saturated carbocycles. The molecule has 0 saturated heterocycles. The highest BCUT2D eigenvalue weighted by Gasteiger charge is 2.21. The Hall–Kier alpha value is -4.04. The van der Waals surface area contributed by atoms with E-state index in [1.165, 1.54) is 0 Å². The molecule has 0 spiro atoms. The van der Waals surface area contributed by atoms with Gasteiger partial charge < -0.3 is 15.2 Å². The zero-order valence-electron chi connectivity index (χ0n) is 22.7. The molecule has 0 aliphatic heterocycles. The molecule has 4 aromatic carbocycles. The Morgan fingerprint density at radius 2 is 1.67 bits per heavy atom. The SMILES string of the molecule is COc1ccc2cc(-c3cc(-c4cc(Cl)cc(Cl)c4Cl)nn3C(C)c3ccc(C(=O)NCCC(=O)O)cc3)ccc2c1. The third kappa shape index (κ3) is 6.23. The minimum atomic E-state index is -0.971. The molecular formula is C32H26Cl3N3O4. The van der Waals surface area contributed by atoms with Gasteiger partial charge in [0.2, 0.25) is 0 Å². The Morgan fingerprint density at radius 3 is 2.38 bits per heavy atom. The lowest BCUT2D eigenvalue weighted by atomic mass is 10.0. The van der Waals surface area contributed by atoms with Crippen LogP contribution in [0.1, 0.15) is 35.3 Å². The predicted molar refractivity (Wildman–Crippen MR) is 167 cm³/mol. The van der Waals surface area contributed by atoms with Crippen molar-refractivity contribution in [2.75, 3.05) is 13.7 Å². The van der Waals surface area contributed by atoms with Gasteiger partial charge in [-0.15, -0.1) is 0 Å². The van der Waals surface area contributed by atoms with E-state index in [4.69, 9.17) is 49.7 Å². The first-order chi connectivity index (χ1) is 20.1. The van der Waals surface area contributed by atoms with E-state index in [2.05, 4.69) is 11.4 Å². The number of halogens is 3. The van der Waals surface area contributed by atoms with Crippen molar-refractivity contribution in [1.82, 2.24) is 15.1 Å². The fourth-order valence-electron chi connectivity index (χ4n) is 4.73. The number of fused-ring (bicyclic) bond motifs is 1. The Balaban J connectivity index is 1.55. The van der Waals surface area contributed by atoms with Gasteiger partial charge in [-0.25, -0.2) is 0 Å². The van der Waals surface area contributed by atoms with E-state index >= 15 is 0 Å². The summed E-state index contributed by atoms with van der Waals surface area (Å²) in [6.45, 7) is 2.07. The number of hydrogen-bond acceptors (Lipinski definition) is 4. The van der Waals surface area contributed by atoms with Crippen LogP contribution in [0, 0.1) is 0 Å². The van der Waals surface area contributed by atoms with Crippen molar-refractivity contribution >= 4 is 57.5 Å². The normalized spacial score (nSPS) is 11.8. The quantitative estimate of drug-likeness (QED) is 0.162. The molecular weight excluding hydrogens is 597 g/mol. The number of carbonyl (C=O) groups excluding carboxylic acids is 1. The lowest BCUT2D eigenvalue weighted by Crippen LogP contribution is -2.26. The molecule has 0 aliphatic carbocycles. The van der Waals surface area contributed by atoms with Gasteiger partial charge in [0.1, 0.15) is 5.75 Å². The van der Waals surface area contributed by atoms with Crippen LogP contribution in [0.25, 0.3) is 33.3 Å². The summed E-state index contributed by atoms with van der Waals surface area (Å²) < 4.78 is 7.28. The smallest absolute Gasteiger partial charge is 0.305 e. The standard InChI is InChI=1S/C32H26Cl3N3O4/c1-18(19-3-5-20(6-4-19)32(41)36-12-11-30(39)40)38-29(17-28(37-38)26-15-24(33)16-27(34)31(26)35)23-8-7-22-14-25(42-2)10-9-21(22)13-23/h3-10,13-18H,11-12H2,1-2H3,(H,36,41)(H,39,40). The summed E-state index contributed by atoms with van der Waals surface area (Å²) in [6.07, 6.45) is -0.143. The van der Waals surface area contributed by atoms with E-state index < -0.39 is 5.97 Å². The molecule has 214 valence electrons. The lowest BCUT2D eigenvalue weighted by Gasteiger charge is -2.17. The van der Waals surface area contributed by atoms with Crippen molar-refractivity contribution < 1.29 is 19.4 Å². The monoisotopic (exact) mass is 621 g/mol.